The van der Waals surface area contributed by atoms with Crippen molar-refractivity contribution >= 4 is 18.1 Å². The van der Waals surface area contributed by atoms with Crippen molar-refractivity contribution in [2.24, 2.45) is 5.10 Å². The Kier molecular flexibility index (Phi) is 7.42. The molecular formula is C24H22N2O6. The van der Waals surface area contributed by atoms with Crippen molar-refractivity contribution < 1.29 is 28.9 Å². The third-order valence-electron chi connectivity index (χ3n) is 4.49. The van der Waals surface area contributed by atoms with Crippen LogP contribution in [-0.2, 0) is 6.61 Å². The van der Waals surface area contributed by atoms with Crippen LogP contribution >= 0.6 is 0 Å². The maximum Gasteiger partial charge on any atom is 0.335 e. The Morgan fingerprint density at radius 3 is 2.34 bits per heavy atom. The fraction of sp³-hybridized carbons (Fsp3) is 0.125. The molecule has 1 amide bonds. The van der Waals surface area contributed by atoms with Crippen LogP contribution in [0.2, 0.25) is 0 Å². The number of carboxylic acid groups (broad SMARTS) is 1. The van der Waals surface area contributed by atoms with E-state index in [9.17, 15) is 9.59 Å². The molecule has 0 radical (unpaired) electrons. The summed E-state index contributed by atoms with van der Waals surface area (Å²) in [4.78, 5) is 23.2. The number of nitrogens with zero attached hydrogens (tertiary/aromatic N) is 1. The van der Waals surface area contributed by atoms with Gasteiger partial charge in [-0.25, -0.2) is 10.2 Å². The molecule has 0 spiro atoms. The number of methoxy groups -OCH3 is 2. The number of amides is 1. The van der Waals surface area contributed by atoms with E-state index in [4.69, 9.17) is 19.3 Å². The molecule has 0 unspecified atom stereocenters. The summed E-state index contributed by atoms with van der Waals surface area (Å²) >= 11 is 0. The van der Waals surface area contributed by atoms with E-state index in [0.717, 1.165) is 11.1 Å². The van der Waals surface area contributed by atoms with Crippen LogP contribution in [0.4, 0.5) is 0 Å². The van der Waals surface area contributed by atoms with Crippen LogP contribution in [0.3, 0.4) is 0 Å². The number of aromatic carboxylic acids is 1. The number of hydrazone groups is 1. The molecular weight excluding hydrogens is 412 g/mol. The zero-order chi connectivity index (χ0) is 22.9. The predicted molar refractivity (Wildman–Crippen MR) is 119 cm³/mol. The third-order valence-corrected chi connectivity index (χ3v) is 4.49. The Bertz CT molecular complexity index is 1130. The number of rotatable bonds is 9. The normalized spacial score (nSPS) is 10.6. The van der Waals surface area contributed by atoms with Crippen molar-refractivity contribution in [3.8, 4) is 17.2 Å². The van der Waals surface area contributed by atoms with Gasteiger partial charge in [-0.05, 0) is 53.6 Å². The van der Waals surface area contributed by atoms with Crippen molar-refractivity contribution in [3.63, 3.8) is 0 Å². The molecule has 0 bridgehead atoms. The molecule has 0 aliphatic carbocycles. The monoisotopic (exact) mass is 434 g/mol. The number of nitrogens with one attached hydrogen (secondary N) is 1. The van der Waals surface area contributed by atoms with Gasteiger partial charge < -0.3 is 19.3 Å². The molecule has 8 heteroatoms. The number of hydrogen-bond donors (Lipinski definition) is 2. The van der Waals surface area contributed by atoms with Crippen molar-refractivity contribution in [1.29, 1.82) is 0 Å². The number of carbonyl (C=O) groups is 2. The fourth-order valence-corrected chi connectivity index (χ4v) is 2.80. The lowest BCUT2D eigenvalue weighted by Gasteiger charge is -2.08. The van der Waals surface area contributed by atoms with E-state index in [1.165, 1.54) is 32.6 Å². The van der Waals surface area contributed by atoms with E-state index >= 15 is 0 Å². The van der Waals surface area contributed by atoms with Gasteiger partial charge in [-0.2, -0.15) is 5.10 Å². The zero-order valence-electron chi connectivity index (χ0n) is 17.6. The number of carboxylic acids is 1. The SMILES string of the molecule is COc1ccc(C(=O)N/N=C/c2cccc(OCc3ccc(C(=O)O)cc3)c2)cc1OC. The molecule has 0 saturated carbocycles. The molecule has 0 atom stereocenters. The molecule has 32 heavy (non-hydrogen) atoms. The summed E-state index contributed by atoms with van der Waals surface area (Å²) in [6.45, 7) is 0.288. The van der Waals surface area contributed by atoms with Gasteiger partial charge in [-0.1, -0.05) is 24.3 Å². The maximum atomic E-state index is 12.3. The smallest absolute Gasteiger partial charge is 0.335 e. The van der Waals surface area contributed by atoms with Gasteiger partial charge in [0.05, 0.1) is 26.0 Å². The molecule has 3 aromatic rings. The molecule has 8 nitrogen and oxygen atoms in total. The lowest BCUT2D eigenvalue weighted by atomic mass is 10.1. The van der Waals surface area contributed by atoms with Crippen LogP contribution in [0.15, 0.2) is 71.8 Å². The Labute approximate surface area is 185 Å². The minimum atomic E-state index is -0.970. The molecule has 2 N–H and O–H groups in total. The van der Waals surface area contributed by atoms with Crippen LogP contribution in [0.1, 0.15) is 31.8 Å². The second-order valence-corrected chi connectivity index (χ2v) is 6.63. The van der Waals surface area contributed by atoms with Gasteiger partial charge in [0.2, 0.25) is 0 Å². The Morgan fingerprint density at radius 1 is 0.938 bits per heavy atom. The Morgan fingerprint density at radius 2 is 1.66 bits per heavy atom. The molecule has 3 rings (SSSR count). The summed E-state index contributed by atoms with van der Waals surface area (Å²) in [7, 11) is 3.02. The second-order valence-electron chi connectivity index (χ2n) is 6.63. The first-order chi connectivity index (χ1) is 15.5. The highest BCUT2D eigenvalue weighted by Crippen LogP contribution is 2.27. The van der Waals surface area contributed by atoms with Crippen LogP contribution in [-0.4, -0.2) is 37.4 Å². The molecule has 164 valence electrons. The number of hydrogen-bond acceptors (Lipinski definition) is 6. The van der Waals surface area contributed by atoms with Crippen LogP contribution < -0.4 is 19.6 Å². The average molecular weight is 434 g/mol. The summed E-state index contributed by atoms with van der Waals surface area (Å²) in [6.07, 6.45) is 1.51. The van der Waals surface area contributed by atoms with Gasteiger partial charge in [0.15, 0.2) is 11.5 Å². The molecule has 0 fully saturated rings. The summed E-state index contributed by atoms with van der Waals surface area (Å²) in [6, 6.07) is 18.5. The summed E-state index contributed by atoms with van der Waals surface area (Å²) in [5.74, 6) is 0.235. The summed E-state index contributed by atoms with van der Waals surface area (Å²) in [5.41, 5.74) is 4.65. The van der Waals surface area contributed by atoms with E-state index in [1.54, 1.807) is 48.5 Å². The van der Waals surface area contributed by atoms with E-state index in [0.29, 0.717) is 22.8 Å². The van der Waals surface area contributed by atoms with Crippen LogP contribution in [0.25, 0.3) is 0 Å². The topological polar surface area (TPSA) is 106 Å². The van der Waals surface area contributed by atoms with Gasteiger partial charge >= 0.3 is 5.97 Å². The van der Waals surface area contributed by atoms with Crippen molar-refractivity contribution in [3.05, 3.63) is 89.0 Å². The molecule has 0 heterocycles. The first-order valence-corrected chi connectivity index (χ1v) is 9.60. The highest BCUT2D eigenvalue weighted by Gasteiger charge is 2.10. The van der Waals surface area contributed by atoms with Gasteiger partial charge in [0.25, 0.3) is 5.91 Å². The third kappa shape index (κ3) is 5.85. The first-order valence-electron chi connectivity index (χ1n) is 9.60. The lowest BCUT2D eigenvalue weighted by Crippen LogP contribution is -2.17. The molecule has 3 aromatic carbocycles. The number of carbonyl (C=O) groups excluding carboxylic acids is 1. The minimum Gasteiger partial charge on any atom is -0.493 e. The van der Waals surface area contributed by atoms with E-state index < -0.39 is 5.97 Å². The molecule has 0 aromatic heterocycles. The highest BCUT2D eigenvalue weighted by atomic mass is 16.5. The fourth-order valence-electron chi connectivity index (χ4n) is 2.80. The first kappa shape index (κ1) is 22.4. The van der Waals surface area contributed by atoms with Gasteiger partial charge in [0, 0.05) is 5.56 Å². The van der Waals surface area contributed by atoms with E-state index in [2.05, 4.69) is 10.5 Å². The van der Waals surface area contributed by atoms with Crippen LogP contribution in [0, 0.1) is 0 Å². The quantitative estimate of drug-likeness (QED) is 0.393. The minimum absolute atomic E-state index is 0.224. The molecule has 0 aliphatic heterocycles. The van der Waals surface area contributed by atoms with Crippen molar-refractivity contribution in [2.75, 3.05) is 14.2 Å². The Balaban J connectivity index is 1.58. The number of ether oxygens (including phenoxy) is 3. The van der Waals surface area contributed by atoms with Crippen molar-refractivity contribution in [2.45, 2.75) is 6.61 Å². The van der Waals surface area contributed by atoms with E-state index in [1.807, 2.05) is 6.07 Å². The standard InChI is InChI=1S/C24H22N2O6/c1-30-21-11-10-19(13-22(21)31-2)23(27)26-25-14-17-4-3-5-20(12-17)32-15-16-6-8-18(9-7-16)24(28)29/h3-14H,15H2,1-2H3,(H,26,27)(H,28,29)/b25-14+. The zero-order valence-corrected chi connectivity index (χ0v) is 17.6. The second kappa shape index (κ2) is 10.6. The summed E-state index contributed by atoms with van der Waals surface area (Å²) < 4.78 is 16.1. The molecule has 0 aliphatic rings. The average Bonchev–Trinajstić information content (AvgIpc) is 2.82. The highest BCUT2D eigenvalue weighted by molar-refractivity contribution is 5.95. The van der Waals surface area contributed by atoms with Crippen LogP contribution in [0.5, 0.6) is 17.2 Å². The van der Waals surface area contributed by atoms with Gasteiger partial charge in [-0.15, -0.1) is 0 Å². The Hall–Kier alpha value is -4.33. The van der Waals surface area contributed by atoms with Gasteiger partial charge in [-0.3, -0.25) is 4.79 Å². The largest absolute Gasteiger partial charge is 0.493 e. The number of benzene rings is 3. The van der Waals surface area contributed by atoms with E-state index in [-0.39, 0.29) is 18.1 Å². The summed E-state index contributed by atoms with van der Waals surface area (Å²) in [5, 5.41) is 12.9. The van der Waals surface area contributed by atoms with Crippen molar-refractivity contribution in [1.82, 2.24) is 5.43 Å². The lowest BCUT2D eigenvalue weighted by molar-refractivity contribution is 0.0696. The van der Waals surface area contributed by atoms with Gasteiger partial charge in [0.1, 0.15) is 12.4 Å². The maximum absolute atomic E-state index is 12.3. The molecule has 0 saturated heterocycles. The predicted octanol–water partition coefficient (Wildman–Crippen LogP) is 3.74.